The van der Waals surface area contributed by atoms with Gasteiger partial charge in [-0.05, 0) is 45.4 Å². The summed E-state index contributed by atoms with van der Waals surface area (Å²) in [5.74, 6) is -2.94. The molecule has 1 atom stereocenters. The van der Waals surface area contributed by atoms with Crippen molar-refractivity contribution in [3.05, 3.63) is 35.4 Å². The van der Waals surface area contributed by atoms with E-state index in [1.54, 1.807) is 27.7 Å². The Labute approximate surface area is 135 Å². The van der Waals surface area contributed by atoms with E-state index in [0.717, 1.165) is 0 Å². The predicted octanol–water partition coefficient (Wildman–Crippen LogP) is 2.76. The van der Waals surface area contributed by atoms with Crippen LogP contribution in [0.2, 0.25) is 0 Å². The van der Waals surface area contributed by atoms with Crippen molar-refractivity contribution >= 4 is 17.9 Å². The van der Waals surface area contributed by atoms with Crippen molar-refractivity contribution < 1.29 is 29.0 Å². The monoisotopic (exact) mass is 322 g/mol. The molecule has 0 spiro atoms. The normalized spacial score (nSPS) is 12.3. The van der Waals surface area contributed by atoms with Gasteiger partial charge in [0.2, 0.25) is 0 Å². The van der Waals surface area contributed by atoms with Gasteiger partial charge in [0.05, 0.1) is 24.5 Å². The van der Waals surface area contributed by atoms with E-state index in [9.17, 15) is 14.4 Å². The Kier molecular flexibility index (Phi) is 6.30. The number of hydrogen-bond donors (Lipinski definition) is 1. The molecule has 0 amide bonds. The molecule has 23 heavy (non-hydrogen) atoms. The van der Waals surface area contributed by atoms with Crippen LogP contribution in [0.3, 0.4) is 0 Å². The first kappa shape index (κ1) is 18.7. The van der Waals surface area contributed by atoms with Crippen LogP contribution in [-0.2, 0) is 19.1 Å². The molecule has 0 aliphatic carbocycles. The number of aromatic carboxylic acids is 1. The van der Waals surface area contributed by atoms with Crippen LogP contribution in [0.4, 0.5) is 0 Å². The zero-order chi connectivity index (χ0) is 17.6. The van der Waals surface area contributed by atoms with Crippen molar-refractivity contribution in [2.45, 2.75) is 45.6 Å². The average Bonchev–Trinajstić information content (AvgIpc) is 2.43. The highest BCUT2D eigenvalue weighted by Crippen LogP contribution is 2.24. The molecule has 0 heterocycles. The largest absolute Gasteiger partial charge is 0.478 e. The van der Waals surface area contributed by atoms with Crippen LogP contribution in [0, 0.1) is 0 Å². The Bertz CT molecular complexity index is 568. The standard InChI is InChI=1S/C17H22O6/c1-5-22-16(21)13(10-14(18)23-17(2,3)4)11-6-8-12(9-7-11)15(19)20/h6-9,13H,5,10H2,1-4H3,(H,19,20). The molecule has 1 aromatic rings. The molecule has 0 saturated heterocycles. The first-order chi connectivity index (χ1) is 10.6. The Morgan fingerprint density at radius 3 is 2.13 bits per heavy atom. The van der Waals surface area contributed by atoms with E-state index in [-0.39, 0.29) is 18.6 Å². The van der Waals surface area contributed by atoms with Gasteiger partial charge in [0, 0.05) is 0 Å². The van der Waals surface area contributed by atoms with E-state index in [4.69, 9.17) is 14.6 Å². The highest BCUT2D eigenvalue weighted by molar-refractivity contribution is 5.88. The van der Waals surface area contributed by atoms with Gasteiger partial charge in [-0.3, -0.25) is 9.59 Å². The van der Waals surface area contributed by atoms with Crippen molar-refractivity contribution in [2.75, 3.05) is 6.61 Å². The summed E-state index contributed by atoms with van der Waals surface area (Å²) in [7, 11) is 0. The van der Waals surface area contributed by atoms with Gasteiger partial charge in [0.1, 0.15) is 5.60 Å². The number of hydrogen-bond acceptors (Lipinski definition) is 5. The maximum absolute atomic E-state index is 12.1. The highest BCUT2D eigenvalue weighted by atomic mass is 16.6. The quantitative estimate of drug-likeness (QED) is 0.810. The third-order valence-electron chi connectivity index (χ3n) is 2.92. The number of ether oxygens (including phenoxy) is 2. The van der Waals surface area contributed by atoms with Crippen LogP contribution in [-0.4, -0.2) is 35.2 Å². The second kappa shape index (κ2) is 7.76. The Morgan fingerprint density at radius 2 is 1.70 bits per heavy atom. The summed E-state index contributed by atoms with van der Waals surface area (Å²) in [5.41, 5.74) is -0.0309. The third-order valence-corrected chi connectivity index (χ3v) is 2.92. The molecular weight excluding hydrogens is 300 g/mol. The molecular formula is C17H22O6. The third kappa shape index (κ3) is 6.10. The number of carboxylic acids is 1. The topological polar surface area (TPSA) is 89.9 Å². The minimum atomic E-state index is -1.06. The lowest BCUT2D eigenvalue weighted by atomic mass is 9.94. The average molecular weight is 322 g/mol. The van der Waals surface area contributed by atoms with Crippen molar-refractivity contribution in [1.82, 2.24) is 0 Å². The van der Waals surface area contributed by atoms with Gasteiger partial charge in [0.15, 0.2) is 0 Å². The molecule has 126 valence electrons. The SMILES string of the molecule is CCOC(=O)C(CC(=O)OC(C)(C)C)c1ccc(C(=O)O)cc1. The van der Waals surface area contributed by atoms with Crippen molar-refractivity contribution in [3.8, 4) is 0 Å². The minimum Gasteiger partial charge on any atom is -0.478 e. The van der Waals surface area contributed by atoms with Crippen LogP contribution in [0.1, 0.15) is 56.0 Å². The lowest BCUT2D eigenvalue weighted by Crippen LogP contribution is -2.27. The summed E-state index contributed by atoms with van der Waals surface area (Å²) in [6, 6.07) is 5.79. The summed E-state index contributed by atoms with van der Waals surface area (Å²) in [5, 5.41) is 8.91. The predicted molar refractivity (Wildman–Crippen MR) is 83.2 cm³/mol. The smallest absolute Gasteiger partial charge is 0.335 e. The molecule has 1 unspecified atom stereocenters. The lowest BCUT2D eigenvalue weighted by molar-refractivity contribution is -0.159. The molecule has 0 aliphatic rings. The van der Waals surface area contributed by atoms with E-state index in [0.29, 0.717) is 5.56 Å². The summed E-state index contributed by atoms with van der Waals surface area (Å²) in [6.07, 6.45) is -0.164. The number of carbonyl (C=O) groups excluding carboxylic acids is 2. The Morgan fingerprint density at radius 1 is 1.13 bits per heavy atom. The fourth-order valence-corrected chi connectivity index (χ4v) is 1.99. The van der Waals surface area contributed by atoms with Gasteiger partial charge in [-0.15, -0.1) is 0 Å². The Balaban J connectivity index is 2.98. The molecule has 1 N–H and O–H groups in total. The van der Waals surface area contributed by atoms with Crippen LogP contribution in [0.5, 0.6) is 0 Å². The molecule has 0 fully saturated rings. The van der Waals surface area contributed by atoms with Gasteiger partial charge < -0.3 is 14.6 Å². The molecule has 0 saturated carbocycles. The van der Waals surface area contributed by atoms with Gasteiger partial charge >= 0.3 is 17.9 Å². The van der Waals surface area contributed by atoms with Crippen molar-refractivity contribution in [1.29, 1.82) is 0 Å². The number of rotatable bonds is 6. The van der Waals surface area contributed by atoms with Gasteiger partial charge in [-0.25, -0.2) is 4.79 Å². The molecule has 0 aliphatic heterocycles. The van der Waals surface area contributed by atoms with E-state index >= 15 is 0 Å². The molecule has 0 aromatic heterocycles. The van der Waals surface area contributed by atoms with Gasteiger partial charge in [-0.2, -0.15) is 0 Å². The number of carboxylic acid groups (broad SMARTS) is 1. The van der Waals surface area contributed by atoms with Crippen molar-refractivity contribution in [3.63, 3.8) is 0 Å². The second-order valence-corrected chi connectivity index (χ2v) is 6.02. The van der Waals surface area contributed by atoms with Crippen LogP contribution < -0.4 is 0 Å². The summed E-state index contributed by atoms with van der Waals surface area (Å²) >= 11 is 0. The van der Waals surface area contributed by atoms with Crippen LogP contribution >= 0.6 is 0 Å². The zero-order valence-corrected chi connectivity index (χ0v) is 13.8. The number of carbonyl (C=O) groups is 3. The fraction of sp³-hybridized carbons (Fsp3) is 0.471. The first-order valence-electron chi connectivity index (χ1n) is 7.35. The molecule has 1 aromatic carbocycles. The fourth-order valence-electron chi connectivity index (χ4n) is 1.99. The van der Waals surface area contributed by atoms with Gasteiger partial charge in [-0.1, -0.05) is 12.1 Å². The summed E-state index contributed by atoms with van der Waals surface area (Å²) < 4.78 is 10.2. The molecule has 6 heteroatoms. The number of benzene rings is 1. The second-order valence-electron chi connectivity index (χ2n) is 6.02. The summed E-state index contributed by atoms with van der Waals surface area (Å²) in [6.45, 7) is 7.09. The van der Waals surface area contributed by atoms with E-state index in [1.165, 1.54) is 24.3 Å². The minimum absolute atomic E-state index is 0.105. The molecule has 6 nitrogen and oxygen atoms in total. The van der Waals surface area contributed by atoms with Gasteiger partial charge in [0.25, 0.3) is 0 Å². The Hall–Kier alpha value is -2.37. The highest BCUT2D eigenvalue weighted by Gasteiger charge is 2.28. The molecule has 0 radical (unpaired) electrons. The maximum Gasteiger partial charge on any atom is 0.335 e. The molecule has 0 bridgehead atoms. The zero-order valence-electron chi connectivity index (χ0n) is 13.8. The lowest BCUT2D eigenvalue weighted by Gasteiger charge is -2.22. The van der Waals surface area contributed by atoms with Crippen molar-refractivity contribution in [2.24, 2.45) is 0 Å². The van der Waals surface area contributed by atoms with Crippen LogP contribution in [0.15, 0.2) is 24.3 Å². The first-order valence-corrected chi connectivity index (χ1v) is 7.35. The van der Waals surface area contributed by atoms with E-state index < -0.39 is 29.4 Å². The van der Waals surface area contributed by atoms with E-state index in [2.05, 4.69) is 0 Å². The molecule has 1 rings (SSSR count). The van der Waals surface area contributed by atoms with E-state index in [1.807, 2.05) is 0 Å². The maximum atomic E-state index is 12.1. The number of esters is 2. The van der Waals surface area contributed by atoms with Crippen LogP contribution in [0.25, 0.3) is 0 Å². The summed E-state index contributed by atoms with van der Waals surface area (Å²) in [4.78, 5) is 35.0.